The average Bonchev–Trinajstić information content (AvgIpc) is 3.31. The molecule has 7 nitrogen and oxygen atoms in total. The summed E-state index contributed by atoms with van der Waals surface area (Å²) in [5.74, 6) is 1.16. The summed E-state index contributed by atoms with van der Waals surface area (Å²) in [7, 11) is 0. The largest absolute Gasteiger partial charge is 0.492 e. The number of rotatable bonds is 8. The molecule has 2 aromatic heterocycles. The van der Waals surface area contributed by atoms with Gasteiger partial charge in [-0.1, -0.05) is 36.0 Å². The second-order valence-electron chi connectivity index (χ2n) is 6.60. The molecule has 31 heavy (non-hydrogen) atoms. The Balaban J connectivity index is 1.68. The fourth-order valence-electron chi connectivity index (χ4n) is 3.12. The van der Waals surface area contributed by atoms with Gasteiger partial charge < -0.3 is 14.5 Å². The van der Waals surface area contributed by atoms with Crippen LogP contribution in [0.3, 0.4) is 0 Å². The molecule has 0 aliphatic rings. The van der Waals surface area contributed by atoms with Crippen LogP contribution in [-0.2, 0) is 11.3 Å². The molecule has 0 aliphatic heterocycles. The van der Waals surface area contributed by atoms with Crippen LogP contribution in [0.4, 0.5) is 0 Å². The molecule has 0 aliphatic carbocycles. The van der Waals surface area contributed by atoms with Gasteiger partial charge in [-0.2, -0.15) is 0 Å². The van der Waals surface area contributed by atoms with Crippen LogP contribution in [0.1, 0.15) is 12.7 Å². The van der Waals surface area contributed by atoms with Crippen LogP contribution in [0.15, 0.2) is 81.3 Å². The van der Waals surface area contributed by atoms with E-state index in [0.29, 0.717) is 46.4 Å². The van der Waals surface area contributed by atoms with E-state index in [1.807, 2.05) is 37.3 Å². The van der Waals surface area contributed by atoms with Gasteiger partial charge in [-0.25, -0.2) is 4.98 Å². The smallest absolute Gasteiger partial charge is 0.266 e. The van der Waals surface area contributed by atoms with Crippen LogP contribution in [-0.4, -0.2) is 27.8 Å². The van der Waals surface area contributed by atoms with E-state index in [-0.39, 0.29) is 17.2 Å². The first-order valence-corrected chi connectivity index (χ1v) is 10.8. The van der Waals surface area contributed by atoms with Crippen LogP contribution >= 0.6 is 11.8 Å². The topological polar surface area (TPSA) is 86.4 Å². The van der Waals surface area contributed by atoms with E-state index in [2.05, 4.69) is 10.3 Å². The molecule has 2 aromatic carbocycles. The maximum Gasteiger partial charge on any atom is 0.266 e. The van der Waals surface area contributed by atoms with Crippen molar-refractivity contribution in [3.05, 3.63) is 83.0 Å². The number of para-hydroxylation sites is 3. The van der Waals surface area contributed by atoms with Gasteiger partial charge in [-0.15, -0.1) is 0 Å². The Kier molecular flexibility index (Phi) is 6.37. The van der Waals surface area contributed by atoms with Gasteiger partial charge in [0, 0.05) is 0 Å². The second-order valence-corrected chi connectivity index (χ2v) is 7.54. The van der Waals surface area contributed by atoms with Gasteiger partial charge >= 0.3 is 0 Å². The average molecular weight is 436 g/mol. The molecule has 1 amide bonds. The monoisotopic (exact) mass is 435 g/mol. The molecule has 0 fully saturated rings. The Bertz CT molecular complexity index is 1250. The van der Waals surface area contributed by atoms with E-state index in [1.165, 1.54) is 16.3 Å². The predicted molar refractivity (Wildman–Crippen MR) is 120 cm³/mol. The molecule has 4 rings (SSSR count). The third-order valence-corrected chi connectivity index (χ3v) is 5.46. The van der Waals surface area contributed by atoms with Gasteiger partial charge in [0.05, 0.1) is 41.8 Å². The van der Waals surface area contributed by atoms with Gasteiger partial charge in [-0.05, 0) is 43.3 Å². The molecule has 158 valence electrons. The number of benzene rings is 2. The number of aromatic nitrogens is 2. The van der Waals surface area contributed by atoms with Crippen molar-refractivity contribution in [2.75, 3.05) is 12.4 Å². The molecular weight excluding hydrogens is 414 g/mol. The number of ether oxygens (including phenoxy) is 1. The minimum absolute atomic E-state index is 0.0995. The van der Waals surface area contributed by atoms with Crippen molar-refractivity contribution < 1.29 is 13.9 Å². The van der Waals surface area contributed by atoms with Crippen LogP contribution < -0.4 is 15.6 Å². The number of fused-ring (bicyclic) bond motifs is 1. The number of nitrogens with one attached hydrogen (secondary N) is 1. The highest BCUT2D eigenvalue weighted by molar-refractivity contribution is 7.99. The third kappa shape index (κ3) is 4.64. The molecule has 0 spiro atoms. The maximum atomic E-state index is 13.4. The van der Waals surface area contributed by atoms with E-state index in [4.69, 9.17) is 9.15 Å². The summed E-state index contributed by atoms with van der Waals surface area (Å²) in [4.78, 5) is 30.4. The second kappa shape index (κ2) is 9.53. The Morgan fingerprint density at radius 2 is 1.94 bits per heavy atom. The lowest BCUT2D eigenvalue weighted by atomic mass is 10.2. The van der Waals surface area contributed by atoms with E-state index in [9.17, 15) is 9.59 Å². The number of furan rings is 1. The van der Waals surface area contributed by atoms with Crippen LogP contribution in [0.2, 0.25) is 0 Å². The first kappa shape index (κ1) is 20.7. The van der Waals surface area contributed by atoms with Crippen molar-refractivity contribution in [3.8, 4) is 11.4 Å². The number of nitrogens with zero attached hydrogens (tertiary/aromatic N) is 2. The quantitative estimate of drug-likeness (QED) is 0.335. The van der Waals surface area contributed by atoms with Crippen molar-refractivity contribution in [3.63, 3.8) is 0 Å². The summed E-state index contributed by atoms with van der Waals surface area (Å²) in [6.45, 7) is 2.65. The molecule has 0 radical (unpaired) electrons. The van der Waals surface area contributed by atoms with E-state index in [1.54, 1.807) is 36.6 Å². The summed E-state index contributed by atoms with van der Waals surface area (Å²) in [5, 5.41) is 3.73. The highest BCUT2D eigenvalue weighted by Gasteiger charge is 2.17. The first-order valence-electron chi connectivity index (χ1n) is 9.83. The highest BCUT2D eigenvalue weighted by Crippen LogP contribution is 2.27. The van der Waals surface area contributed by atoms with Crippen molar-refractivity contribution in [1.82, 2.24) is 14.9 Å². The number of amides is 1. The van der Waals surface area contributed by atoms with Crippen molar-refractivity contribution in [2.24, 2.45) is 0 Å². The maximum absolute atomic E-state index is 13.4. The van der Waals surface area contributed by atoms with Crippen LogP contribution in [0.5, 0.6) is 5.75 Å². The molecule has 0 bridgehead atoms. The fraction of sp³-hybridized carbons (Fsp3) is 0.174. The van der Waals surface area contributed by atoms with E-state index < -0.39 is 0 Å². The highest BCUT2D eigenvalue weighted by atomic mass is 32.2. The number of thioether (sulfide) groups is 1. The zero-order valence-corrected chi connectivity index (χ0v) is 17.7. The van der Waals surface area contributed by atoms with Gasteiger partial charge in [0.1, 0.15) is 11.5 Å². The third-order valence-electron chi connectivity index (χ3n) is 4.52. The predicted octanol–water partition coefficient (Wildman–Crippen LogP) is 3.79. The normalized spacial score (nSPS) is 10.9. The number of hydrogen-bond donors (Lipinski definition) is 1. The molecule has 4 aromatic rings. The molecule has 0 unspecified atom stereocenters. The van der Waals surface area contributed by atoms with Crippen LogP contribution in [0.25, 0.3) is 16.6 Å². The Hall–Kier alpha value is -3.52. The standard InChI is InChI=1S/C23H21N3O4S/c1-2-29-20-12-6-5-11-19(20)26-22(28)17-9-3-4-10-18(17)25-23(26)31-15-21(27)24-14-16-8-7-13-30-16/h3-13H,2,14-15H2,1H3,(H,24,27). The molecule has 8 heteroatoms. The number of carbonyl (C=O) groups excluding carboxylic acids is 1. The van der Waals surface area contributed by atoms with Crippen molar-refractivity contribution >= 4 is 28.6 Å². The molecular formula is C23H21N3O4S. The number of carbonyl (C=O) groups is 1. The van der Waals surface area contributed by atoms with Gasteiger partial charge in [0.15, 0.2) is 5.16 Å². The molecule has 0 saturated carbocycles. The molecule has 1 N–H and O–H groups in total. The first-order chi connectivity index (χ1) is 15.2. The van der Waals surface area contributed by atoms with Crippen molar-refractivity contribution in [2.45, 2.75) is 18.6 Å². The molecule has 0 atom stereocenters. The Labute approximate surface area is 183 Å². The minimum atomic E-state index is -0.212. The Morgan fingerprint density at radius 1 is 1.13 bits per heavy atom. The van der Waals surface area contributed by atoms with Crippen LogP contribution in [0, 0.1) is 0 Å². The van der Waals surface area contributed by atoms with E-state index in [0.717, 1.165) is 0 Å². The zero-order valence-electron chi connectivity index (χ0n) is 16.9. The Morgan fingerprint density at radius 3 is 2.74 bits per heavy atom. The number of hydrogen-bond acceptors (Lipinski definition) is 6. The minimum Gasteiger partial charge on any atom is -0.492 e. The van der Waals surface area contributed by atoms with Gasteiger partial charge in [0.2, 0.25) is 5.91 Å². The lowest BCUT2D eigenvalue weighted by molar-refractivity contribution is -0.118. The van der Waals surface area contributed by atoms with E-state index >= 15 is 0 Å². The summed E-state index contributed by atoms with van der Waals surface area (Å²) in [6, 6.07) is 18.0. The van der Waals surface area contributed by atoms with Gasteiger partial charge in [0.25, 0.3) is 5.56 Å². The zero-order chi connectivity index (χ0) is 21.6. The fourth-order valence-corrected chi connectivity index (χ4v) is 3.96. The lowest BCUT2D eigenvalue weighted by Gasteiger charge is -2.16. The summed E-state index contributed by atoms with van der Waals surface area (Å²) in [6.07, 6.45) is 1.56. The lowest BCUT2D eigenvalue weighted by Crippen LogP contribution is -2.26. The SMILES string of the molecule is CCOc1ccccc1-n1c(SCC(=O)NCc2ccco2)nc2ccccc2c1=O. The summed E-state index contributed by atoms with van der Waals surface area (Å²) >= 11 is 1.20. The van der Waals surface area contributed by atoms with Crippen molar-refractivity contribution in [1.29, 1.82) is 0 Å². The molecule has 0 saturated heterocycles. The summed E-state index contributed by atoms with van der Waals surface area (Å²) < 4.78 is 12.5. The van der Waals surface area contributed by atoms with Gasteiger partial charge in [-0.3, -0.25) is 14.2 Å². The summed E-state index contributed by atoms with van der Waals surface area (Å²) in [5.41, 5.74) is 0.957. The molecule has 2 heterocycles.